The predicted octanol–water partition coefficient (Wildman–Crippen LogP) is 1.23. The predicted molar refractivity (Wildman–Crippen MR) is 47.9 cm³/mol. The van der Waals surface area contributed by atoms with E-state index in [1.54, 1.807) is 0 Å². The number of nitrogens with one attached hydrogen (secondary N) is 1. The molecule has 1 rings (SSSR count). The first kappa shape index (κ1) is 8.52. The van der Waals surface area contributed by atoms with E-state index < -0.39 is 0 Å². The summed E-state index contributed by atoms with van der Waals surface area (Å²) in [5.74, 6) is 5.21. The first-order valence-corrected chi connectivity index (χ1v) is 3.93. The van der Waals surface area contributed by atoms with Gasteiger partial charge in [0.15, 0.2) is 0 Å². The number of nitrogens with two attached hydrogens (primary N) is 1. The normalized spacial score (nSPS) is 9.73. The van der Waals surface area contributed by atoms with Crippen molar-refractivity contribution in [1.82, 2.24) is 0 Å². The monoisotopic (exact) mass is 216 g/mol. The number of aliphatic hydroxyl groups is 1. The number of benzene rings is 1. The zero-order valence-corrected chi connectivity index (χ0v) is 7.43. The Kier molecular flexibility index (Phi) is 2.87. The van der Waals surface area contributed by atoms with Gasteiger partial charge in [0, 0.05) is 4.47 Å². The van der Waals surface area contributed by atoms with Crippen LogP contribution >= 0.6 is 15.9 Å². The molecule has 0 heterocycles. The topological polar surface area (TPSA) is 58.3 Å². The number of hydrogen-bond donors (Lipinski definition) is 3. The lowest BCUT2D eigenvalue weighted by Crippen LogP contribution is -2.07. The van der Waals surface area contributed by atoms with E-state index in [2.05, 4.69) is 21.4 Å². The number of aliphatic hydroxyl groups excluding tert-OH is 1. The van der Waals surface area contributed by atoms with Crippen molar-refractivity contribution in [3.8, 4) is 0 Å². The highest BCUT2D eigenvalue weighted by atomic mass is 79.9. The van der Waals surface area contributed by atoms with Gasteiger partial charge in [-0.3, -0.25) is 5.84 Å². The van der Waals surface area contributed by atoms with Gasteiger partial charge in [0.05, 0.1) is 12.3 Å². The molecule has 0 aliphatic carbocycles. The van der Waals surface area contributed by atoms with Crippen LogP contribution in [0.4, 0.5) is 5.69 Å². The Bertz CT molecular complexity index is 230. The molecule has 60 valence electrons. The zero-order valence-electron chi connectivity index (χ0n) is 5.84. The van der Waals surface area contributed by atoms with Crippen LogP contribution in [0.3, 0.4) is 0 Å². The first-order valence-electron chi connectivity index (χ1n) is 3.14. The van der Waals surface area contributed by atoms with E-state index >= 15 is 0 Å². The molecule has 0 fully saturated rings. The van der Waals surface area contributed by atoms with Gasteiger partial charge in [-0.2, -0.15) is 0 Å². The molecular weight excluding hydrogens is 208 g/mol. The summed E-state index contributed by atoms with van der Waals surface area (Å²) in [5, 5.41) is 8.84. The second-order valence-corrected chi connectivity index (χ2v) is 2.87. The summed E-state index contributed by atoms with van der Waals surface area (Å²) in [4.78, 5) is 0. The quantitative estimate of drug-likeness (QED) is 0.515. The third-order valence-electron chi connectivity index (χ3n) is 1.40. The minimum atomic E-state index is 0.0100. The van der Waals surface area contributed by atoms with Crippen LogP contribution in [0.5, 0.6) is 0 Å². The minimum absolute atomic E-state index is 0.0100. The van der Waals surface area contributed by atoms with Crippen LogP contribution in [0.2, 0.25) is 0 Å². The molecule has 0 spiro atoms. The molecule has 4 heteroatoms. The second-order valence-electron chi connectivity index (χ2n) is 2.08. The van der Waals surface area contributed by atoms with Crippen molar-refractivity contribution in [3.05, 3.63) is 28.2 Å². The Labute approximate surface area is 73.3 Å². The molecular formula is C7H9BrN2O. The Balaban J connectivity index is 3.10. The van der Waals surface area contributed by atoms with Gasteiger partial charge in [-0.15, -0.1) is 0 Å². The zero-order chi connectivity index (χ0) is 8.27. The van der Waals surface area contributed by atoms with Crippen molar-refractivity contribution in [2.75, 3.05) is 5.43 Å². The van der Waals surface area contributed by atoms with Gasteiger partial charge in [0.2, 0.25) is 0 Å². The van der Waals surface area contributed by atoms with E-state index in [1.165, 1.54) is 0 Å². The Morgan fingerprint density at radius 1 is 1.55 bits per heavy atom. The van der Waals surface area contributed by atoms with Gasteiger partial charge in [-0.1, -0.05) is 12.1 Å². The molecule has 0 aliphatic rings. The average molecular weight is 217 g/mol. The van der Waals surface area contributed by atoms with E-state index in [0.717, 1.165) is 15.7 Å². The van der Waals surface area contributed by atoms with Crippen LogP contribution in [0.15, 0.2) is 22.7 Å². The molecule has 0 saturated carbocycles. The highest BCUT2D eigenvalue weighted by molar-refractivity contribution is 9.10. The van der Waals surface area contributed by atoms with Gasteiger partial charge in [0.25, 0.3) is 0 Å². The number of rotatable bonds is 2. The number of hydrogen-bond acceptors (Lipinski definition) is 3. The third-order valence-corrected chi connectivity index (χ3v) is 2.34. The van der Waals surface area contributed by atoms with Crippen molar-refractivity contribution in [2.24, 2.45) is 5.84 Å². The minimum Gasteiger partial charge on any atom is -0.392 e. The summed E-state index contributed by atoms with van der Waals surface area (Å²) in [7, 11) is 0. The average Bonchev–Trinajstić information content (AvgIpc) is 2.05. The van der Waals surface area contributed by atoms with Gasteiger partial charge in [-0.25, -0.2) is 0 Å². The maximum absolute atomic E-state index is 8.84. The van der Waals surface area contributed by atoms with E-state index in [-0.39, 0.29) is 6.61 Å². The van der Waals surface area contributed by atoms with Crippen molar-refractivity contribution >= 4 is 21.6 Å². The summed E-state index contributed by atoms with van der Waals surface area (Å²) < 4.78 is 0.810. The summed E-state index contributed by atoms with van der Waals surface area (Å²) >= 11 is 3.30. The van der Waals surface area contributed by atoms with Crippen LogP contribution in [0, 0.1) is 0 Å². The molecule has 0 saturated heterocycles. The SMILES string of the molecule is NNc1cccc(CO)c1Br. The smallest absolute Gasteiger partial charge is 0.0693 e. The maximum atomic E-state index is 8.84. The third kappa shape index (κ3) is 1.71. The molecule has 0 aliphatic heterocycles. The lowest BCUT2D eigenvalue weighted by atomic mass is 10.2. The van der Waals surface area contributed by atoms with Crippen LogP contribution in [-0.2, 0) is 6.61 Å². The molecule has 0 aromatic heterocycles. The molecule has 3 nitrogen and oxygen atoms in total. The van der Waals surface area contributed by atoms with Crippen molar-refractivity contribution in [1.29, 1.82) is 0 Å². The molecule has 11 heavy (non-hydrogen) atoms. The fourth-order valence-electron chi connectivity index (χ4n) is 0.813. The molecule has 0 amide bonds. The van der Waals surface area contributed by atoms with Gasteiger partial charge in [0.1, 0.15) is 0 Å². The fourth-order valence-corrected chi connectivity index (χ4v) is 1.32. The number of hydrazine groups is 1. The Morgan fingerprint density at radius 2 is 2.27 bits per heavy atom. The van der Waals surface area contributed by atoms with Gasteiger partial charge >= 0.3 is 0 Å². The van der Waals surface area contributed by atoms with Crippen molar-refractivity contribution < 1.29 is 5.11 Å². The number of anilines is 1. The molecule has 0 unspecified atom stereocenters. The number of nitrogen functional groups attached to an aromatic ring is 1. The summed E-state index contributed by atoms with van der Waals surface area (Å²) in [6.45, 7) is 0.0100. The second kappa shape index (κ2) is 3.71. The van der Waals surface area contributed by atoms with Crippen LogP contribution in [0.25, 0.3) is 0 Å². The van der Waals surface area contributed by atoms with Crippen LogP contribution in [-0.4, -0.2) is 5.11 Å². The lowest BCUT2D eigenvalue weighted by molar-refractivity contribution is 0.281. The molecule has 0 atom stereocenters. The van der Waals surface area contributed by atoms with Crippen molar-refractivity contribution in [3.63, 3.8) is 0 Å². The summed E-state index contributed by atoms with van der Waals surface area (Å²) in [6.07, 6.45) is 0. The largest absolute Gasteiger partial charge is 0.392 e. The van der Waals surface area contributed by atoms with E-state index in [1.807, 2.05) is 18.2 Å². The van der Waals surface area contributed by atoms with Crippen LogP contribution in [0.1, 0.15) is 5.56 Å². The first-order chi connectivity index (χ1) is 5.29. The van der Waals surface area contributed by atoms with E-state index in [0.29, 0.717) is 0 Å². The summed E-state index contributed by atoms with van der Waals surface area (Å²) in [6, 6.07) is 5.47. The van der Waals surface area contributed by atoms with E-state index in [4.69, 9.17) is 10.9 Å². The molecule has 1 aromatic carbocycles. The summed E-state index contributed by atoms with van der Waals surface area (Å²) in [5.41, 5.74) is 4.11. The van der Waals surface area contributed by atoms with Gasteiger partial charge < -0.3 is 10.5 Å². The fraction of sp³-hybridized carbons (Fsp3) is 0.143. The Hall–Kier alpha value is -0.580. The van der Waals surface area contributed by atoms with Crippen LogP contribution < -0.4 is 11.3 Å². The molecule has 1 aromatic rings. The maximum Gasteiger partial charge on any atom is 0.0693 e. The Morgan fingerprint density at radius 3 is 2.82 bits per heavy atom. The highest BCUT2D eigenvalue weighted by Gasteiger charge is 2.01. The molecule has 0 bridgehead atoms. The standard InChI is InChI=1S/C7H9BrN2O/c8-7-5(4-11)2-1-3-6(7)10-9/h1-3,10-11H,4,9H2. The molecule has 0 radical (unpaired) electrons. The number of halogens is 1. The highest BCUT2D eigenvalue weighted by Crippen LogP contribution is 2.25. The van der Waals surface area contributed by atoms with Gasteiger partial charge in [-0.05, 0) is 27.6 Å². The van der Waals surface area contributed by atoms with E-state index in [9.17, 15) is 0 Å². The van der Waals surface area contributed by atoms with Crippen molar-refractivity contribution in [2.45, 2.75) is 6.61 Å². The lowest BCUT2D eigenvalue weighted by Gasteiger charge is -2.05. The molecule has 4 N–H and O–H groups in total.